The number of aliphatic hydroxyl groups excluding tert-OH is 1. The molecule has 3 nitrogen and oxygen atoms in total. The fraction of sp³-hybridized carbons (Fsp3) is 0.538. The predicted molar refractivity (Wildman–Crippen MR) is 67.4 cm³/mol. The van der Waals surface area contributed by atoms with Gasteiger partial charge in [0.1, 0.15) is 0 Å². The molecule has 1 heterocycles. The van der Waals surface area contributed by atoms with Crippen molar-refractivity contribution in [2.24, 2.45) is 5.41 Å². The molecule has 92 valence electrons. The molecular weight excluding hydrogens is 284 g/mol. The van der Waals surface area contributed by atoms with Crippen molar-refractivity contribution in [2.75, 3.05) is 13.2 Å². The number of rotatable bonds is 1. The highest BCUT2D eigenvalue weighted by molar-refractivity contribution is 9.10. The second-order valence-electron chi connectivity index (χ2n) is 5.07. The first-order chi connectivity index (χ1) is 8.10. The molecule has 3 rings (SSSR count). The van der Waals surface area contributed by atoms with Gasteiger partial charge in [0.25, 0.3) is 0 Å². The fourth-order valence-corrected chi connectivity index (χ4v) is 2.72. The molecular formula is C13H15BrO3. The molecule has 0 aromatic heterocycles. The maximum atomic E-state index is 9.67. The highest BCUT2D eigenvalue weighted by Crippen LogP contribution is 2.49. The van der Waals surface area contributed by atoms with Crippen LogP contribution >= 0.6 is 15.9 Å². The summed E-state index contributed by atoms with van der Waals surface area (Å²) in [5.41, 5.74) is 1.08. The third kappa shape index (κ3) is 2.04. The van der Waals surface area contributed by atoms with Crippen LogP contribution in [0.1, 0.15) is 31.4 Å². The van der Waals surface area contributed by atoms with Gasteiger partial charge >= 0.3 is 0 Å². The minimum Gasteiger partial charge on any atom is -0.489 e. The van der Waals surface area contributed by atoms with Gasteiger partial charge in [-0.1, -0.05) is 15.9 Å². The van der Waals surface area contributed by atoms with Gasteiger partial charge in [-0.3, -0.25) is 0 Å². The summed E-state index contributed by atoms with van der Waals surface area (Å²) in [6.07, 6.45) is 1.85. The maximum absolute atomic E-state index is 9.67. The van der Waals surface area contributed by atoms with Crippen molar-refractivity contribution in [2.45, 2.75) is 25.9 Å². The third-order valence-corrected chi connectivity index (χ3v) is 4.22. The van der Waals surface area contributed by atoms with Crippen LogP contribution in [0.2, 0.25) is 0 Å². The standard InChI is InChI=1S/C13H15BrO3/c1-8(15)9-4-11-12(5-10(9)14)17-7-13(2-3-13)6-16-11/h4-5,8,15H,2-3,6-7H2,1H3. The van der Waals surface area contributed by atoms with Gasteiger partial charge in [0.2, 0.25) is 0 Å². The first-order valence-corrected chi connectivity index (χ1v) is 6.66. The number of hydrogen-bond donors (Lipinski definition) is 1. The van der Waals surface area contributed by atoms with Crippen molar-refractivity contribution in [3.05, 3.63) is 22.2 Å². The minimum absolute atomic E-state index is 0.247. The van der Waals surface area contributed by atoms with E-state index in [1.807, 2.05) is 12.1 Å². The molecule has 0 saturated heterocycles. The zero-order chi connectivity index (χ0) is 12.0. The number of aliphatic hydroxyl groups is 1. The predicted octanol–water partition coefficient (Wildman–Crippen LogP) is 3.05. The van der Waals surface area contributed by atoms with Crippen LogP contribution in [0.15, 0.2) is 16.6 Å². The Morgan fingerprint density at radius 2 is 1.82 bits per heavy atom. The van der Waals surface area contributed by atoms with Gasteiger partial charge in [-0.25, -0.2) is 0 Å². The molecule has 0 amide bonds. The second kappa shape index (κ2) is 3.89. The molecule has 1 aromatic rings. The van der Waals surface area contributed by atoms with Crippen LogP contribution in [0.5, 0.6) is 11.5 Å². The van der Waals surface area contributed by atoms with Crippen molar-refractivity contribution in [1.29, 1.82) is 0 Å². The van der Waals surface area contributed by atoms with Gasteiger partial charge in [-0.2, -0.15) is 0 Å². The highest BCUT2D eigenvalue weighted by Gasteiger charge is 2.46. The number of hydrogen-bond acceptors (Lipinski definition) is 3. The van der Waals surface area contributed by atoms with E-state index in [9.17, 15) is 5.11 Å². The largest absolute Gasteiger partial charge is 0.489 e. The quantitative estimate of drug-likeness (QED) is 0.866. The van der Waals surface area contributed by atoms with Gasteiger partial charge in [-0.15, -0.1) is 0 Å². The van der Waals surface area contributed by atoms with Crippen LogP contribution in [0.4, 0.5) is 0 Å². The van der Waals surface area contributed by atoms with Gasteiger partial charge in [0.15, 0.2) is 11.5 Å². The van der Waals surface area contributed by atoms with E-state index in [0.29, 0.717) is 0 Å². The van der Waals surface area contributed by atoms with Crippen LogP contribution in [0.3, 0.4) is 0 Å². The van der Waals surface area contributed by atoms with E-state index in [1.165, 1.54) is 12.8 Å². The van der Waals surface area contributed by atoms with Crippen LogP contribution in [-0.4, -0.2) is 18.3 Å². The van der Waals surface area contributed by atoms with Crippen LogP contribution in [-0.2, 0) is 0 Å². The number of halogens is 1. The van der Waals surface area contributed by atoms with E-state index in [0.717, 1.165) is 34.7 Å². The Hall–Kier alpha value is -0.740. The van der Waals surface area contributed by atoms with Gasteiger partial charge < -0.3 is 14.6 Å². The van der Waals surface area contributed by atoms with E-state index in [-0.39, 0.29) is 5.41 Å². The summed E-state index contributed by atoms with van der Waals surface area (Å²) < 4.78 is 12.5. The van der Waals surface area contributed by atoms with E-state index < -0.39 is 6.10 Å². The molecule has 1 spiro atoms. The Balaban J connectivity index is 1.95. The second-order valence-corrected chi connectivity index (χ2v) is 5.93. The lowest BCUT2D eigenvalue weighted by Crippen LogP contribution is -2.17. The first-order valence-electron chi connectivity index (χ1n) is 5.87. The fourth-order valence-electron chi connectivity index (χ4n) is 2.07. The Morgan fingerprint density at radius 3 is 2.35 bits per heavy atom. The van der Waals surface area contributed by atoms with Crippen molar-refractivity contribution in [1.82, 2.24) is 0 Å². The van der Waals surface area contributed by atoms with Crippen molar-refractivity contribution in [3.63, 3.8) is 0 Å². The van der Waals surface area contributed by atoms with Gasteiger partial charge in [0.05, 0.1) is 19.3 Å². The third-order valence-electron chi connectivity index (χ3n) is 3.54. The van der Waals surface area contributed by atoms with E-state index in [1.54, 1.807) is 6.92 Å². The van der Waals surface area contributed by atoms with Crippen LogP contribution < -0.4 is 9.47 Å². The zero-order valence-electron chi connectivity index (χ0n) is 9.70. The molecule has 1 aromatic carbocycles. The molecule has 17 heavy (non-hydrogen) atoms. The topological polar surface area (TPSA) is 38.7 Å². The molecule has 2 aliphatic rings. The van der Waals surface area contributed by atoms with E-state index in [2.05, 4.69) is 15.9 Å². The van der Waals surface area contributed by atoms with Crippen molar-refractivity contribution >= 4 is 15.9 Å². The molecule has 1 atom stereocenters. The number of benzene rings is 1. The molecule has 1 aliphatic carbocycles. The maximum Gasteiger partial charge on any atom is 0.162 e. The molecule has 1 aliphatic heterocycles. The first kappa shape index (κ1) is 11.4. The van der Waals surface area contributed by atoms with E-state index >= 15 is 0 Å². The summed E-state index contributed by atoms with van der Waals surface area (Å²) in [7, 11) is 0. The van der Waals surface area contributed by atoms with Gasteiger partial charge in [0, 0.05) is 9.89 Å². The lowest BCUT2D eigenvalue weighted by atomic mass is 10.1. The van der Waals surface area contributed by atoms with Crippen LogP contribution in [0.25, 0.3) is 0 Å². The monoisotopic (exact) mass is 298 g/mol. The Morgan fingerprint density at radius 1 is 1.24 bits per heavy atom. The summed E-state index contributed by atoms with van der Waals surface area (Å²) in [6.45, 7) is 3.20. The molecule has 4 heteroatoms. The number of ether oxygens (including phenoxy) is 2. The Labute approximate surface area is 109 Å². The lowest BCUT2D eigenvalue weighted by Gasteiger charge is -2.13. The smallest absolute Gasteiger partial charge is 0.162 e. The van der Waals surface area contributed by atoms with Crippen LogP contribution in [0, 0.1) is 5.41 Å². The zero-order valence-corrected chi connectivity index (χ0v) is 11.3. The molecule has 1 fully saturated rings. The molecule has 1 saturated carbocycles. The molecule has 0 bridgehead atoms. The average molecular weight is 299 g/mol. The summed E-state index contributed by atoms with van der Waals surface area (Å²) >= 11 is 3.45. The summed E-state index contributed by atoms with van der Waals surface area (Å²) in [4.78, 5) is 0. The molecule has 1 unspecified atom stereocenters. The SMILES string of the molecule is CC(O)c1cc2c(cc1Br)OCC1(CC1)CO2. The summed E-state index contributed by atoms with van der Waals surface area (Å²) in [5.74, 6) is 1.51. The normalized spacial score (nSPS) is 22.1. The number of fused-ring (bicyclic) bond motifs is 1. The Bertz CT molecular complexity index is 452. The summed E-state index contributed by atoms with van der Waals surface area (Å²) in [6, 6.07) is 3.75. The van der Waals surface area contributed by atoms with Crippen molar-refractivity contribution < 1.29 is 14.6 Å². The molecule has 0 radical (unpaired) electrons. The summed E-state index contributed by atoms with van der Waals surface area (Å²) in [5, 5.41) is 9.67. The minimum atomic E-state index is -0.517. The van der Waals surface area contributed by atoms with Gasteiger partial charge in [-0.05, 0) is 37.5 Å². The highest BCUT2D eigenvalue weighted by atomic mass is 79.9. The molecule has 1 N–H and O–H groups in total. The van der Waals surface area contributed by atoms with Crippen molar-refractivity contribution in [3.8, 4) is 11.5 Å². The Kier molecular flexibility index (Phi) is 2.60. The average Bonchev–Trinajstić information content (AvgIpc) is 3.07. The lowest BCUT2D eigenvalue weighted by molar-refractivity contribution is 0.194. The van der Waals surface area contributed by atoms with E-state index in [4.69, 9.17) is 9.47 Å².